The predicted molar refractivity (Wildman–Crippen MR) is 95.4 cm³/mol. The minimum absolute atomic E-state index is 0.130. The summed E-state index contributed by atoms with van der Waals surface area (Å²) in [5.74, 6) is 0.432. The second-order valence-corrected chi connectivity index (χ2v) is 5.55. The summed E-state index contributed by atoms with van der Waals surface area (Å²) in [5, 5.41) is 2.69. The first-order valence-corrected chi connectivity index (χ1v) is 7.89. The summed E-state index contributed by atoms with van der Waals surface area (Å²) in [6.45, 7) is 0. The molecule has 0 aliphatic carbocycles. The first kappa shape index (κ1) is 17.5. The molecule has 2 aromatic carbocycles. The van der Waals surface area contributed by atoms with E-state index in [4.69, 9.17) is 9.47 Å². The van der Waals surface area contributed by atoms with Crippen LogP contribution in [0.1, 0.15) is 5.56 Å². The molecule has 134 valence electrons. The highest BCUT2D eigenvalue weighted by atomic mass is 19.1. The van der Waals surface area contributed by atoms with Gasteiger partial charge in [-0.15, -0.1) is 0 Å². The highest BCUT2D eigenvalue weighted by Gasteiger charge is 2.10. The lowest BCUT2D eigenvalue weighted by atomic mass is 10.1. The number of amides is 1. The number of hydrogen-bond acceptors (Lipinski definition) is 4. The van der Waals surface area contributed by atoms with Crippen molar-refractivity contribution in [2.45, 2.75) is 6.42 Å². The smallest absolute Gasteiger partial charge is 0.228 e. The summed E-state index contributed by atoms with van der Waals surface area (Å²) in [4.78, 5) is 16.1. The van der Waals surface area contributed by atoms with E-state index in [2.05, 4.69) is 10.3 Å². The Kier molecular flexibility index (Phi) is 5.17. The van der Waals surface area contributed by atoms with Crippen LogP contribution in [-0.2, 0) is 11.2 Å². The number of anilines is 1. The number of carbonyl (C=O) groups is 1. The van der Waals surface area contributed by atoms with Crippen LogP contribution >= 0.6 is 0 Å². The third kappa shape index (κ3) is 3.83. The van der Waals surface area contributed by atoms with Gasteiger partial charge in [0.1, 0.15) is 5.82 Å². The highest BCUT2D eigenvalue weighted by Crippen LogP contribution is 2.28. The predicted octanol–water partition coefficient (Wildman–Crippen LogP) is 3.21. The van der Waals surface area contributed by atoms with Crippen molar-refractivity contribution >= 4 is 11.6 Å². The lowest BCUT2D eigenvalue weighted by Gasteiger charge is -2.11. The van der Waals surface area contributed by atoms with Gasteiger partial charge in [-0.2, -0.15) is 0 Å². The van der Waals surface area contributed by atoms with Gasteiger partial charge >= 0.3 is 0 Å². The van der Waals surface area contributed by atoms with Crippen LogP contribution in [0.2, 0.25) is 0 Å². The normalized spacial score (nSPS) is 10.4. The number of nitrogens with zero attached hydrogens (tertiary/aromatic N) is 2. The molecule has 1 N–H and O–H groups in total. The second kappa shape index (κ2) is 7.69. The first-order chi connectivity index (χ1) is 12.6. The Morgan fingerprint density at radius 2 is 1.96 bits per heavy atom. The maximum Gasteiger partial charge on any atom is 0.228 e. The lowest BCUT2D eigenvalue weighted by Crippen LogP contribution is -2.14. The van der Waals surface area contributed by atoms with Crippen LogP contribution < -0.4 is 14.8 Å². The van der Waals surface area contributed by atoms with E-state index in [1.165, 1.54) is 19.5 Å². The Hall–Kier alpha value is -3.35. The van der Waals surface area contributed by atoms with Crippen LogP contribution in [0.25, 0.3) is 5.69 Å². The molecular weight excluding hydrogens is 337 g/mol. The topological polar surface area (TPSA) is 65.4 Å². The van der Waals surface area contributed by atoms with Crippen LogP contribution in [0.15, 0.2) is 55.1 Å². The van der Waals surface area contributed by atoms with Crippen molar-refractivity contribution in [3.8, 4) is 17.2 Å². The molecule has 0 aliphatic rings. The zero-order valence-electron chi connectivity index (χ0n) is 14.4. The van der Waals surface area contributed by atoms with Gasteiger partial charge in [0.2, 0.25) is 5.91 Å². The van der Waals surface area contributed by atoms with Gasteiger partial charge in [-0.3, -0.25) is 4.79 Å². The Balaban J connectivity index is 1.69. The van der Waals surface area contributed by atoms with E-state index < -0.39 is 5.82 Å². The van der Waals surface area contributed by atoms with Crippen molar-refractivity contribution in [3.63, 3.8) is 0 Å². The molecule has 0 bridgehead atoms. The van der Waals surface area contributed by atoms with E-state index >= 15 is 0 Å². The molecule has 0 saturated carbocycles. The molecular formula is C19H18FN3O3. The summed E-state index contributed by atoms with van der Waals surface area (Å²) in [6.07, 6.45) is 4.85. The van der Waals surface area contributed by atoms with Crippen molar-refractivity contribution in [1.82, 2.24) is 9.55 Å². The van der Waals surface area contributed by atoms with Gasteiger partial charge in [-0.05, 0) is 35.9 Å². The van der Waals surface area contributed by atoms with E-state index in [0.29, 0.717) is 22.9 Å². The number of aromatic nitrogens is 2. The van der Waals surface area contributed by atoms with Crippen LogP contribution in [0, 0.1) is 5.82 Å². The van der Waals surface area contributed by atoms with Gasteiger partial charge in [-0.1, -0.05) is 6.07 Å². The third-order valence-corrected chi connectivity index (χ3v) is 3.83. The fourth-order valence-electron chi connectivity index (χ4n) is 2.58. The van der Waals surface area contributed by atoms with Crippen LogP contribution in [0.5, 0.6) is 11.5 Å². The molecule has 0 atom stereocenters. The summed E-state index contributed by atoms with van der Waals surface area (Å²) < 4.78 is 26.2. The van der Waals surface area contributed by atoms with Crippen molar-refractivity contribution in [1.29, 1.82) is 0 Å². The molecule has 7 heteroatoms. The maximum absolute atomic E-state index is 14.2. The first-order valence-electron chi connectivity index (χ1n) is 7.89. The average Bonchev–Trinajstić information content (AvgIpc) is 3.16. The molecule has 0 aliphatic heterocycles. The Bertz CT molecular complexity index is 910. The minimum atomic E-state index is -0.452. The van der Waals surface area contributed by atoms with Crippen LogP contribution in [0.3, 0.4) is 0 Å². The fraction of sp³-hybridized carbons (Fsp3) is 0.158. The van der Waals surface area contributed by atoms with Crippen molar-refractivity contribution in [2.75, 3.05) is 19.5 Å². The van der Waals surface area contributed by atoms with Gasteiger partial charge in [0.05, 0.1) is 32.7 Å². The SMILES string of the molecule is COc1ccc(CC(=O)Nc2ccc(-n3ccnc3)c(F)c2)cc1OC. The molecule has 3 rings (SSSR count). The lowest BCUT2D eigenvalue weighted by molar-refractivity contribution is -0.115. The third-order valence-electron chi connectivity index (χ3n) is 3.83. The number of imidazole rings is 1. The quantitative estimate of drug-likeness (QED) is 0.737. The largest absolute Gasteiger partial charge is 0.493 e. The number of methoxy groups -OCH3 is 2. The summed E-state index contributed by atoms with van der Waals surface area (Å²) in [5.41, 5.74) is 1.51. The van der Waals surface area contributed by atoms with E-state index in [1.807, 2.05) is 0 Å². The number of carbonyl (C=O) groups excluding carboxylic acids is 1. The zero-order valence-corrected chi connectivity index (χ0v) is 14.4. The molecule has 26 heavy (non-hydrogen) atoms. The van der Waals surface area contributed by atoms with Crippen LogP contribution in [-0.4, -0.2) is 29.7 Å². The molecule has 6 nitrogen and oxygen atoms in total. The zero-order chi connectivity index (χ0) is 18.5. The molecule has 3 aromatic rings. The van der Waals surface area contributed by atoms with Gasteiger partial charge in [-0.25, -0.2) is 9.37 Å². The Morgan fingerprint density at radius 1 is 1.15 bits per heavy atom. The highest BCUT2D eigenvalue weighted by molar-refractivity contribution is 5.92. The van der Waals surface area contributed by atoms with Crippen molar-refractivity contribution < 1.29 is 18.7 Å². The van der Waals surface area contributed by atoms with E-state index in [0.717, 1.165) is 5.56 Å². The number of hydrogen-bond donors (Lipinski definition) is 1. The molecule has 1 amide bonds. The molecule has 0 radical (unpaired) electrons. The number of rotatable bonds is 6. The number of benzene rings is 2. The van der Waals surface area contributed by atoms with Gasteiger partial charge in [0, 0.05) is 18.1 Å². The molecule has 1 heterocycles. The van der Waals surface area contributed by atoms with Crippen molar-refractivity contribution in [3.05, 3.63) is 66.5 Å². The van der Waals surface area contributed by atoms with E-state index in [1.54, 1.807) is 54.4 Å². The standard InChI is InChI=1S/C19H18FN3O3/c1-25-17-6-3-13(9-18(17)26-2)10-19(24)22-14-4-5-16(15(20)11-14)23-8-7-21-12-23/h3-9,11-12H,10H2,1-2H3,(H,22,24). The fourth-order valence-corrected chi connectivity index (χ4v) is 2.58. The second-order valence-electron chi connectivity index (χ2n) is 5.55. The number of nitrogens with one attached hydrogen (secondary N) is 1. The maximum atomic E-state index is 14.2. The number of ether oxygens (including phenoxy) is 2. The molecule has 0 unspecified atom stereocenters. The van der Waals surface area contributed by atoms with Crippen LogP contribution in [0.4, 0.5) is 10.1 Å². The average molecular weight is 355 g/mol. The van der Waals surface area contributed by atoms with Gasteiger partial charge in [0.15, 0.2) is 11.5 Å². The Labute approximate surface area is 150 Å². The molecule has 1 aromatic heterocycles. The minimum Gasteiger partial charge on any atom is -0.493 e. The molecule has 0 spiro atoms. The van der Waals surface area contributed by atoms with E-state index in [9.17, 15) is 9.18 Å². The summed E-state index contributed by atoms with van der Waals surface area (Å²) >= 11 is 0. The monoisotopic (exact) mass is 355 g/mol. The van der Waals surface area contributed by atoms with E-state index in [-0.39, 0.29) is 12.3 Å². The molecule has 0 saturated heterocycles. The van der Waals surface area contributed by atoms with Crippen molar-refractivity contribution in [2.24, 2.45) is 0 Å². The summed E-state index contributed by atoms with van der Waals surface area (Å²) in [7, 11) is 3.08. The summed E-state index contributed by atoms with van der Waals surface area (Å²) in [6, 6.07) is 9.77. The van der Waals surface area contributed by atoms with Gasteiger partial charge < -0.3 is 19.4 Å². The Morgan fingerprint density at radius 3 is 2.62 bits per heavy atom. The van der Waals surface area contributed by atoms with Gasteiger partial charge in [0.25, 0.3) is 0 Å². The number of halogens is 1. The molecule has 0 fully saturated rings.